The molecule has 1 N–H and O–H groups in total. The molecule has 2 nitrogen and oxygen atoms in total. The number of anilines is 1. The van der Waals surface area contributed by atoms with Crippen molar-refractivity contribution in [3.63, 3.8) is 0 Å². The molecule has 0 bridgehead atoms. The smallest absolute Gasteiger partial charge is 0.125 e. The summed E-state index contributed by atoms with van der Waals surface area (Å²) in [5.74, 6) is -0.208. The number of nitrogens with one attached hydrogen (secondary N) is 1. The molecule has 1 rings (SSSR count). The van der Waals surface area contributed by atoms with Crippen LogP contribution >= 0.6 is 0 Å². The van der Waals surface area contributed by atoms with Gasteiger partial charge in [0.05, 0.1) is 0 Å². The molecule has 0 aliphatic rings. The van der Waals surface area contributed by atoms with Crippen molar-refractivity contribution in [2.75, 3.05) is 25.0 Å². The van der Waals surface area contributed by atoms with Gasteiger partial charge in [-0.1, -0.05) is 26.5 Å². The summed E-state index contributed by atoms with van der Waals surface area (Å²) in [6.07, 6.45) is 0. The van der Waals surface area contributed by atoms with E-state index in [9.17, 15) is 4.39 Å². The number of likely N-dealkylation sites (N-methyl/N-ethyl adjacent to an activating group) is 1. The Balaban J connectivity index is 2.48. The first kappa shape index (κ1) is 13.7. The molecule has 0 saturated heterocycles. The van der Waals surface area contributed by atoms with E-state index in [1.165, 1.54) is 12.1 Å². The highest BCUT2D eigenvalue weighted by molar-refractivity contribution is 5.46. The van der Waals surface area contributed by atoms with E-state index in [1.54, 1.807) is 6.07 Å². The second-order valence-corrected chi connectivity index (χ2v) is 4.62. The zero-order valence-electron chi connectivity index (χ0n) is 10.8. The van der Waals surface area contributed by atoms with E-state index in [2.05, 4.69) is 25.7 Å². The predicted molar refractivity (Wildman–Crippen MR) is 71.9 cm³/mol. The normalized spacial score (nSPS) is 10.6. The maximum Gasteiger partial charge on any atom is 0.125 e. The fraction of sp³-hybridized carbons (Fsp3) is 0.429. The van der Waals surface area contributed by atoms with Gasteiger partial charge in [0.25, 0.3) is 0 Å². The Hall–Kier alpha value is -1.35. The molecular formula is C14H21FN2. The van der Waals surface area contributed by atoms with Gasteiger partial charge in [0.2, 0.25) is 0 Å². The van der Waals surface area contributed by atoms with Gasteiger partial charge in [-0.05, 0) is 23.8 Å². The van der Waals surface area contributed by atoms with Gasteiger partial charge < -0.3 is 10.2 Å². The Morgan fingerprint density at radius 3 is 2.76 bits per heavy atom. The largest absolute Gasteiger partial charge is 0.370 e. The molecule has 0 heterocycles. The molecule has 0 amide bonds. The molecule has 1 aromatic rings. The number of hydrogen-bond acceptors (Lipinski definition) is 2. The lowest BCUT2D eigenvalue weighted by Gasteiger charge is -2.21. The fourth-order valence-electron chi connectivity index (χ4n) is 1.54. The van der Waals surface area contributed by atoms with Crippen LogP contribution in [0.15, 0.2) is 36.4 Å². The van der Waals surface area contributed by atoms with Crippen LogP contribution in [-0.4, -0.2) is 26.2 Å². The molecule has 0 aromatic heterocycles. The summed E-state index contributed by atoms with van der Waals surface area (Å²) in [4.78, 5) is 1.99. The predicted octanol–water partition coefficient (Wildman–Crippen LogP) is 2.82. The van der Waals surface area contributed by atoms with Crippen LogP contribution in [0, 0.1) is 5.82 Å². The Bertz CT molecular complexity index is 374. The molecule has 0 saturated carbocycles. The van der Waals surface area contributed by atoms with Gasteiger partial charge in [0.1, 0.15) is 5.82 Å². The lowest BCUT2D eigenvalue weighted by Crippen LogP contribution is -2.29. The zero-order valence-corrected chi connectivity index (χ0v) is 10.8. The van der Waals surface area contributed by atoms with E-state index in [4.69, 9.17) is 0 Å². The minimum atomic E-state index is -0.208. The summed E-state index contributed by atoms with van der Waals surface area (Å²) in [5.41, 5.74) is 1.96. The molecule has 0 spiro atoms. The first-order valence-electron chi connectivity index (χ1n) is 5.85. The van der Waals surface area contributed by atoms with Crippen molar-refractivity contribution in [2.24, 2.45) is 0 Å². The quantitative estimate of drug-likeness (QED) is 0.764. The summed E-state index contributed by atoms with van der Waals surface area (Å²) in [6.45, 7) is 9.73. The van der Waals surface area contributed by atoms with Crippen molar-refractivity contribution in [1.82, 2.24) is 5.32 Å². The van der Waals surface area contributed by atoms with E-state index in [-0.39, 0.29) is 5.82 Å². The summed E-state index contributed by atoms with van der Waals surface area (Å²) in [6, 6.07) is 7.05. The maximum absolute atomic E-state index is 13.1. The van der Waals surface area contributed by atoms with Crippen LogP contribution < -0.4 is 10.2 Å². The molecule has 0 atom stereocenters. The average molecular weight is 236 g/mol. The van der Waals surface area contributed by atoms with Crippen LogP contribution in [0.3, 0.4) is 0 Å². The van der Waals surface area contributed by atoms with Crippen molar-refractivity contribution in [1.29, 1.82) is 0 Å². The van der Waals surface area contributed by atoms with Gasteiger partial charge in [-0.2, -0.15) is 0 Å². The van der Waals surface area contributed by atoms with Crippen molar-refractivity contribution in [3.05, 3.63) is 42.2 Å². The van der Waals surface area contributed by atoms with Crippen molar-refractivity contribution in [2.45, 2.75) is 19.9 Å². The average Bonchev–Trinajstić information content (AvgIpc) is 2.26. The van der Waals surface area contributed by atoms with Crippen LogP contribution in [0.2, 0.25) is 0 Å². The van der Waals surface area contributed by atoms with Crippen LogP contribution in [-0.2, 0) is 0 Å². The first-order valence-corrected chi connectivity index (χ1v) is 5.85. The molecule has 1 aromatic carbocycles. The van der Waals surface area contributed by atoms with E-state index in [1.807, 2.05) is 18.0 Å². The van der Waals surface area contributed by atoms with Gasteiger partial charge in [-0.15, -0.1) is 0 Å². The Morgan fingerprint density at radius 2 is 2.18 bits per heavy atom. The summed E-state index contributed by atoms with van der Waals surface area (Å²) in [7, 11) is 1.94. The van der Waals surface area contributed by atoms with Gasteiger partial charge in [-0.3, -0.25) is 0 Å². The molecule has 0 aliphatic carbocycles. The highest BCUT2D eigenvalue weighted by atomic mass is 19.1. The van der Waals surface area contributed by atoms with Gasteiger partial charge in [-0.25, -0.2) is 4.39 Å². The molecule has 0 radical (unpaired) electrons. The number of rotatable bonds is 6. The van der Waals surface area contributed by atoms with Crippen molar-refractivity contribution < 1.29 is 4.39 Å². The maximum atomic E-state index is 13.1. The van der Waals surface area contributed by atoms with Crippen LogP contribution in [0.25, 0.3) is 0 Å². The second-order valence-electron chi connectivity index (χ2n) is 4.62. The highest BCUT2D eigenvalue weighted by Gasteiger charge is 2.04. The van der Waals surface area contributed by atoms with E-state index >= 15 is 0 Å². The third kappa shape index (κ3) is 5.00. The second kappa shape index (κ2) is 6.40. The number of hydrogen-bond donors (Lipinski definition) is 1. The zero-order chi connectivity index (χ0) is 12.8. The van der Waals surface area contributed by atoms with Crippen LogP contribution in [0.1, 0.15) is 13.8 Å². The lowest BCUT2D eigenvalue weighted by molar-refractivity contribution is 0.616. The third-order valence-electron chi connectivity index (χ3n) is 2.47. The first-order chi connectivity index (χ1) is 7.99. The number of benzene rings is 1. The molecule has 0 aliphatic heterocycles. The Morgan fingerprint density at radius 1 is 1.47 bits per heavy atom. The molecule has 17 heavy (non-hydrogen) atoms. The summed E-state index contributed by atoms with van der Waals surface area (Å²) in [5, 5.41) is 3.31. The van der Waals surface area contributed by atoms with Crippen molar-refractivity contribution in [3.8, 4) is 0 Å². The topological polar surface area (TPSA) is 15.3 Å². The molecule has 94 valence electrons. The van der Waals surface area contributed by atoms with E-state index < -0.39 is 0 Å². The van der Waals surface area contributed by atoms with Crippen LogP contribution in [0.4, 0.5) is 10.1 Å². The molecular weight excluding hydrogens is 215 g/mol. The SMILES string of the molecule is C=C(CNC(C)C)CN(C)c1cccc(F)c1. The van der Waals surface area contributed by atoms with Gasteiger partial charge in [0, 0.05) is 31.9 Å². The molecule has 3 heteroatoms. The standard InChI is InChI=1S/C14H21FN2/c1-11(2)16-9-12(3)10-17(4)14-7-5-6-13(15)8-14/h5-8,11,16H,3,9-10H2,1-2,4H3. The van der Waals surface area contributed by atoms with Crippen LogP contribution in [0.5, 0.6) is 0 Å². The minimum absolute atomic E-state index is 0.208. The van der Waals surface area contributed by atoms with Gasteiger partial charge >= 0.3 is 0 Å². The monoisotopic (exact) mass is 236 g/mol. The fourth-order valence-corrected chi connectivity index (χ4v) is 1.54. The highest BCUT2D eigenvalue weighted by Crippen LogP contribution is 2.14. The van der Waals surface area contributed by atoms with Crippen molar-refractivity contribution >= 4 is 5.69 Å². The van der Waals surface area contributed by atoms with Gasteiger partial charge in [0.15, 0.2) is 0 Å². The Labute approximate surface area is 103 Å². The molecule has 0 unspecified atom stereocenters. The van der Waals surface area contributed by atoms with E-state index in [0.717, 1.165) is 24.4 Å². The lowest BCUT2D eigenvalue weighted by atomic mass is 10.2. The molecule has 0 fully saturated rings. The minimum Gasteiger partial charge on any atom is -0.370 e. The number of halogens is 1. The van der Waals surface area contributed by atoms with E-state index in [0.29, 0.717) is 6.04 Å². The third-order valence-corrected chi connectivity index (χ3v) is 2.47. The summed E-state index contributed by atoms with van der Waals surface area (Å²) < 4.78 is 13.1. The Kier molecular flexibility index (Phi) is 5.16. The summed E-state index contributed by atoms with van der Waals surface area (Å²) >= 11 is 0. The number of nitrogens with zero attached hydrogens (tertiary/aromatic N) is 1.